The normalized spacial score (nSPS) is 20.2. The number of nitrogens with zero attached hydrogens (tertiary/aromatic N) is 2. The Labute approximate surface area is 142 Å². The summed E-state index contributed by atoms with van der Waals surface area (Å²) in [5.74, 6) is 0.861. The van der Waals surface area contributed by atoms with Gasteiger partial charge in [0.2, 0.25) is 0 Å². The van der Waals surface area contributed by atoms with Gasteiger partial charge in [0, 0.05) is 31.6 Å². The highest BCUT2D eigenvalue weighted by Gasteiger charge is 2.41. The van der Waals surface area contributed by atoms with E-state index in [1.165, 1.54) is 0 Å². The maximum absolute atomic E-state index is 12.6. The molecule has 0 N–H and O–H groups in total. The molecule has 24 heavy (non-hydrogen) atoms. The van der Waals surface area contributed by atoms with Gasteiger partial charge in [-0.3, -0.25) is 9.78 Å². The maximum atomic E-state index is 12.6. The third-order valence-corrected chi connectivity index (χ3v) is 4.55. The second kappa shape index (κ2) is 7.01. The SMILES string of the molecule is CO[C@]1(COc2ccccc2C)CCN(C(=O)c2ccncc2)C1. The number of ether oxygens (including phenoxy) is 2. The fourth-order valence-corrected chi connectivity index (χ4v) is 2.97. The second-order valence-electron chi connectivity index (χ2n) is 6.15. The van der Waals surface area contributed by atoms with Crippen LogP contribution in [0.25, 0.3) is 0 Å². The van der Waals surface area contributed by atoms with Gasteiger partial charge in [-0.05, 0) is 37.1 Å². The molecule has 1 aromatic heterocycles. The van der Waals surface area contributed by atoms with Gasteiger partial charge >= 0.3 is 0 Å². The molecule has 126 valence electrons. The van der Waals surface area contributed by atoms with Gasteiger partial charge < -0.3 is 14.4 Å². The number of amides is 1. The molecule has 0 unspecified atom stereocenters. The van der Waals surface area contributed by atoms with Crippen LogP contribution >= 0.6 is 0 Å². The lowest BCUT2D eigenvalue weighted by molar-refractivity contribution is -0.0344. The molecule has 5 nitrogen and oxygen atoms in total. The molecule has 0 spiro atoms. The first-order valence-electron chi connectivity index (χ1n) is 8.06. The van der Waals surface area contributed by atoms with Crippen molar-refractivity contribution >= 4 is 5.91 Å². The monoisotopic (exact) mass is 326 g/mol. The third-order valence-electron chi connectivity index (χ3n) is 4.55. The minimum Gasteiger partial charge on any atom is -0.490 e. The number of carbonyl (C=O) groups is 1. The molecule has 1 aromatic carbocycles. The van der Waals surface area contributed by atoms with Crippen LogP contribution in [-0.4, -0.2) is 48.2 Å². The number of carbonyl (C=O) groups excluding carboxylic acids is 1. The highest BCUT2D eigenvalue weighted by Crippen LogP contribution is 2.28. The van der Waals surface area contributed by atoms with E-state index in [9.17, 15) is 4.79 Å². The molecule has 1 aliphatic heterocycles. The van der Waals surface area contributed by atoms with Crippen LogP contribution in [0.5, 0.6) is 5.75 Å². The smallest absolute Gasteiger partial charge is 0.254 e. The first-order chi connectivity index (χ1) is 11.6. The van der Waals surface area contributed by atoms with Crippen molar-refractivity contribution in [3.63, 3.8) is 0 Å². The summed E-state index contributed by atoms with van der Waals surface area (Å²) < 4.78 is 11.7. The Balaban J connectivity index is 1.67. The Morgan fingerprint density at radius 2 is 2.00 bits per heavy atom. The lowest BCUT2D eigenvalue weighted by Gasteiger charge is -2.28. The molecule has 3 rings (SSSR count). The number of rotatable bonds is 5. The molecule has 0 bridgehead atoms. The van der Waals surface area contributed by atoms with Crippen LogP contribution in [0.4, 0.5) is 0 Å². The molecule has 0 radical (unpaired) electrons. The summed E-state index contributed by atoms with van der Waals surface area (Å²) in [5, 5.41) is 0. The van der Waals surface area contributed by atoms with E-state index < -0.39 is 5.60 Å². The van der Waals surface area contributed by atoms with Crippen LogP contribution in [0.2, 0.25) is 0 Å². The zero-order chi connectivity index (χ0) is 17.0. The highest BCUT2D eigenvalue weighted by molar-refractivity contribution is 5.94. The number of para-hydroxylation sites is 1. The molecule has 2 heterocycles. The van der Waals surface area contributed by atoms with Crippen LogP contribution in [0.3, 0.4) is 0 Å². The number of aromatic nitrogens is 1. The molecule has 0 aliphatic carbocycles. The largest absolute Gasteiger partial charge is 0.490 e. The summed E-state index contributed by atoms with van der Waals surface area (Å²) in [6.45, 7) is 3.62. The fraction of sp³-hybridized carbons (Fsp3) is 0.368. The topological polar surface area (TPSA) is 51.7 Å². The molecule has 2 aromatic rings. The number of hydrogen-bond donors (Lipinski definition) is 0. The molecule has 0 saturated carbocycles. The highest BCUT2D eigenvalue weighted by atomic mass is 16.5. The molecule has 1 saturated heterocycles. The van der Waals surface area contributed by atoms with Gasteiger partial charge in [0.25, 0.3) is 5.91 Å². The van der Waals surface area contributed by atoms with E-state index in [0.29, 0.717) is 25.3 Å². The number of likely N-dealkylation sites (tertiary alicyclic amines) is 1. The second-order valence-corrected chi connectivity index (χ2v) is 6.15. The van der Waals surface area contributed by atoms with E-state index in [2.05, 4.69) is 4.98 Å². The van der Waals surface area contributed by atoms with Crippen molar-refractivity contribution < 1.29 is 14.3 Å². The molecular weight excluding hydrogens is 304 g/mol. The number of hydrogen-bond acceptors (Lipinski definition) is 4. The van der Waals surface area contributed by atoms with Crippen LogP contribution in [0.15, 0.2) is 48.8 Å². The molecule has 1 atom stereocenters. The summed E-state index contributed by atoms with van der Waals surface area (Å²) in [7, 11) is 1.68. The maximum Gasteiger partial charge on any atom is 0.254 e. The van der Waals surface area contributed by atoms with E-state index in [0.717, 1.165) is 17.7 Å². The van der Waals surface area contributed by atoms with E-state index in [-0.39, 0.29) is 5.91 Å². The van der Waals surface area contributed by atoms with Crippen molar-refractivity contribution in [2.75, 3.05) is 26.8 Å². The average Bonchev–Trinajstić information content (AvgIpc) is 3.06. The lowest BCUT2D eigenvalue weighted by atomic mass is 10.0. The first-order valence-corrected chi connectivity index (χ1v) is 8.06. The lowest BCUT2D eigenvalue weighted by Crippen LogP contribution is -2.42. The van der Waals surface area contributed by atoms with Gasteiger partial charge in [0.15, 0.2) is 0 Å². The zero-order valence-corrected chi connectivity index (χ0v) is 14.1. The molecule has 5 heteroatoms. The van der Waals surface area contributed by atoms with Gasteiger partial charge in [0.1, 0.15) is 18.0 Å². The van der Waals surface area contributed by atoms with Crippen molar-refractivity contribution in [3.05, 3.63) is 59.9 Å². The summed E-state index contributed by atoms with van der Waals surface area (Å²) in [4.78, 5) is 18.4. The van der Waals surface area contributed by atoms with Crippen LogP contribution < -0.4 is 4.74 Å². The molecule has 1 amide bonds. The number of aryl methyl sites for hydroxylation is 1. The van der Waals surface area contributed by atoms with Crippen molar-refractivity contribution in [1.29, 1.82) is 0 Å². The fourth-order valence-electron chi connectivity index (χ4n) is 2.97. The Hall–Kier alpha value is -2.40. The Bertz CT molecular complexity index is 705. The van der Waals surface area contributed by atoms with Gasteiger partial charge in [0.05, 0.1) is 6.54 Å². The molecule has 1 fully saturated rings. The Morgan fingerprint density at radius 1 is 1.25 bits per heavy atom. The summed E-state index contributed by atoms with van der Waals surface area (Å²) in [6, 6.07) is 11.4. The van der Waals surface area contributed by atoms with E-state index in [4.69, 9.17) is 9.47 Å². The van der Waals surface area contributed by atoms with Gasteiger partial charge in [-0.15, -0.1) is 0 Å². The summed E-state index contributed by atoms with van der Waals surface area (Å²) in [5.41, 5.74) is 1.27. The predicted octanol–water partition coefficient (Wildman–Crippen LogP) is 2.70. The van der Waals surface area contributed by atoms with E-state index >= 15 is 0 Å². The van der Waals surface area contributed by atoms with Crippen molar-refractivity contribution in [1.82, 2.24) is 9.88 Å². The minimum atomic E-state index is -0.467. The first kappa shape index (κ1) is 16.5. The number of benzene rings is 1. The van der Waals surface area contributed by atoms with Gasteiger partial charge in [-0.25, -0.2) is 0 Å². The Morgan fingerprint density at radius 3 is 2.71 bits per heavy atom. The number of pyridine rings is 1. The van der Waals surface area contributed by atoms with Crippen LogP contribution in [0, 0.1) is 6.92 Å². The van der Waals surface area contributed by atoms with Crippen LogP contribution in [-0.2, 0) is 4.74 Å². The average molecular weight is 326 g/mol. The summed E-state index contributed by atoms with van der Waals surface area (Å²) >= 11 is 0. The van der Waals surface area contributed by atoms with Gasteiger partial charge in [-0.1, -0.05) is 18.2 Å². The zero-order valence-electron chi connectivity index (χ0n) is 14.1. The molecule has 1 aliphatic rings. The quantitative estimate of drug-likeness (QED) is 0.848. The van der Waals surface area contributed by atoms with E-state index in [1.54, 1.807) is 31.6 Å². The predicted molar refractivity (Wildman–Crippen MR) is 91.2 cm³/mol. The van der Waals surface area contributed by atoms with Gasteiger partial charge in [-0.2, -0.15) is 0 Å². The van der Waals surface area contributed by atoms with E-state index in [1.807, 2.05) is 36.1 Å². The number of methoxy groups -OCH3 is 1. The van der Waals surface area contributed by atoms with Crippen molar-refractivity contribution in [3.8, 4) is 5.75 Å². The van der Waals surface area contributed by atoms with Crippen molar-refractivity contribution in [2.24, 2.45) is 0 Å². The van der Waals surface area contributed by atoms with Crippen molar-refractivity contribution in [2.45, 2.75) is 18.9 Å². The van der Waals surface area contributed by atoms with Crippen LogP contribution in [0.1, 0.15) is 22.3 Å². The molecular formula is C19H22N2O3. The standard InChI is InChI=1S/C19H22N2O3/c1-15-5-3-4-6-17(15)24-14-19(23-2)9-12-21(13-19)18(22)16-7-10-20-11-8-16/h3-8,10-11H,9,12-14H2,1-2H3/t19-/m1/s1. The summed E-state index contributed by atoms with van der Waals surface area (Å²) in [6.07, 6.45) is 4.02. The Kier molecular flexibility index (Phi) is 4.81. The minimum absolute atomic E-state index is 0.00668. The third kappa shape index (κ3) is 3.41.